The molecule has 6 nitrogen and oxygen atoms in total. The molecule has 1 unspecified atom stereocenters. The van der Waals surface area contributed by atoms with Gasteiger partial charge in [0.25, 0.3) is 0 Å². The van der Waals surface area contributed by atoms with Gasteiger partial charge in [-0.1, -0.05) is 19.3 Å². The molecule has 0 radical (unpaired) electrons. The molecule has 25 heavy (non-hydrogen) atoms. The zero-order valence-corrected chi connectivity index (χ0v) is 15.1. The summed E-state index contributed by atoms with van der Waals surface area (Å²) in [6.45, 7) is 1.87. The van der Waals surface area contributed by atoms with Crippen molar-refractivity contribution in [1.29, 1.82) is 0 Å². The van der Waals surface area contributed by atoms with Crippen LogP contribution in [0, 0.1) is 5.92 Å². The number of nitrogens with one attached hydrogen (secondary N) is 2. The number of ether oxygens (including phenoxy) is 1. The Bertz CT molecular complexity index is 596. The Morgan fingerprint density at radius 1 is 1.24 bits per heavy atom. The second kappa shape index (κ2) is 9.42. The van der Waals surface area contributed by atoms with Crippen LogP contribution < -0.4 is 21.1 Å². The van der Waals surface area contributed by atoms with Crippen molar-refractivity contribution in [3.8, 4) is 5.75 Å². The topological polar surface area (TPSA) is 93.4 Å². The molecule has 1 aromatic rings. The van der Waals surface area contributed by atoms with Gasteiger partial charge >= 0.3 is 0 Å². The largest absolute Gasteiger partial charge is 0.495 e. The highest BCUT2D eigenvalue weighted by Gasteiger charge is 2.22. The third-order valence-corrected chi connectivity index (χ3v) is 4.54. The van der Waals surface area contributed by atoms with Crippen molar-refractivity contribution in [1.82, 2.24) is 0 Å². The van der Waals surface area contributed by atoms with Crippen LogP contribution in [-0.4, -0.2) is 25.0 Å². The van der Waals surface area contributed by atoms with Crippen molar-refractivity contribution in [2.75, 3.05) is 17.7 Å². The summed E-state index contributed by atoms with van der Waals surface area (Å²) in [6.07, 6.45) is 6.27. The molecular formula is C19H29N3O3. The van der Waals surface area contributed by atoms with Gasteiger partial charge in [0.05, 0.1) is 12.8 Å². The highest BCUT2D eigenvalue weighted by Crippen LogP contribution is 2.30. The number of rotatable bonds is 7. The van der Waals surface area contributed by atoms with Crippen LogP contribution in [0.5, 0.6) is 5.75 Å². The van der Waals surface area contributed by atoms with Gasteiger partial charge in [-0.05, 0) is 44.4 Å². The van der Waals surface area contributed by atoms with Gasteiger partial charge in [0.1, 0.15) is 5.75 Å². The Balaban J connectivity index is 2.03. The number of hydrogen-bond acceptors (Lipinski definition) is 4. The predicted molar refractivity (Wildman–Crippen MR) is 99.7 cm³/mol. The minimum atomic E-state index is -0.0907. The lowest BCUT2D eigenvalue weighted by atomic mass is 9.88. The van der Waals surface area contributed by atoms with Crippen molar-refractivity contribution in [2.45, 2.75) is 57.9 Å². The quantitative estimate of drug-likeness (QED) is 0.705. The van der Waals surface area contributed by atoms with Crippen molar-refractivity contribution in [3.05, 3.63) is 18.2 Å². The molecule has 1 saturated carbocycles. The molecule has 0 saturated heterocycles. The lowest BCUT2D eigenvalue weighted by Crippen LogP contribution is -2.25. The highest BCUT2D eigenvalue weighted by atomic mass is 16.5. The third kappa shape index (κ3) is 6.05. The fourth-order valence-corrected chi connectivity index (χ4v) is 3.07. The van der Waals surface area contributed by atoms with Gasteiger partial charge < -0.3 is 21.1 Å². The van der Waals surface area contributed by atoms with Crippen LogP contribution in [0.15, 0.2) is 18.2 Å². The smallest absolute Gasteiger partial charge is 0.227 e. The summed E-state index contributed by atoms with van der Waals surface area (Å²) in [5, 5.41) is 5.80. The van der Waals surface area contributed by atoms with Crippen LogP contribution in [0.2, 0.25) is 0 Å². The first-order chi connectivity index (χ1) is 12.0. The summed E-state index contributed by atoms with van der Waals surface area (Å²) in [4.78, 5) is 24.4. The Hall–Kier alpha value is -2.08. The Kier molecular flexibility index (Phi) is 7.25. The van der Waals surface area contributed by atoms with Crippen LogP contribution in [0.3, 0.4) is 0 Å². The second-order valence-electron chi connectivity index (χ2n) is 6.80. The molecule has 1 aliphatic carbocycles. The van der Waals surface area contributed by atoms with Crippen LogP contribution in [0.25, 0.3) is 0 Å². The lowest BCUT2D eigenvalue weighted by Gasteiger charge is -2.21. The molecule has 0 aromatic heterocycles. The second-order valence-corrected chi connectivity index (χ2v) is 6.80. The summed E-state index contributed by atoms with van der Waals surface area (Å²) < 4.78 is 5.33. The van der Waals surface area contributed by atoms with Crippen LogP contribution >= 0.6 is 0 Å². The lowest BCUT2D eigenvalue weighted by molar-refractivity contribution is -0.120. The van der Waals surface area contributed by atoms with Crippen molar-refractivity contribution in [3.63, 3.8) is 0 Å². The average molecular weight is 347 g/mol. The van der Waals surface area contributed by atoms with Crippen molar-refractivity contribution in [2.24, 2.45) is 11.7 Å². The van der Waals surface area contributed by atoms with Gasteiger partial charge in [-0.15, -0.1) is 0 Å². The fourth-order valence-electron chi connectivity index (χ4n) is 3.07. The number of carbonyl (C=O) groups excluding carboxylic acids is 2. The molecule has 1 atom stereocenters. The maximum absolute atomic E-state index is 12.5. The average Bonchev–Trinajstić information content (AvgIpc) is 2.61. The van der Waals surface area contributed by atoms with E-state index < -0.39 is 0 Å². The summed E-state index contributed by atoms with van der Waals surface area (Å²) in [5.74, 6) is 0.575. The van der Waals surface area contributed by atoms with E-state index in [9.17, 15) is 9.59 Å². The van der Waals surface area contributed by atoms with Gasteiger partial charge in [0.15, 0.2) is 0 Å². The molecule has 2 amide bonds. The molecule has 0 heterocycles. The first-order valence-corrected chi connectivity index (χ1v) is 9.04. The molecular weight excluding hydrogens is 318 g/mol. The van der Waals surface area contributed by atoms with E-state index in [1.165, 1.54) is 6.42 Å². The van der Waals surface area contributed by atoms with E-state index in [-0.39, 0.29) is 23.8 Å². The maximum atomic E-state index is 12.5. The SMILES string of the molecule is COc1ccc(NC(=O)CCC(C)N)cc1NC(=O)C1CCCCC1. The summed E-state index contributed by atoms with van der Waals surface area (Å²) in [6, 6.07) is 5.24. The first-order valence-electron chi connectivity index (χ1n) is 9.04. The van der Waals surface area contributed by atoms with E-state index in [2.05, 4.69) is 10.6 Å². The van der Waals surface area contributed by atoms with E-state index in [0.29, 0.717) is 30.0 Å². The van der Waals surface area contributed by atoms with E-state index in [0.717, 1.165) is 25.7 Å². The fraction of sp³-hybridized carbons (Fsp3) is 0.579. The Morgan fingerprint density at radius 3 is 2.60 bits per heavy atom. The number of amides is 2. The minimum absolute atomic E-state index is 0.00744. The van der Waals surface area contributed by atoms with E-state index >= 15 is 0 Å². The molecule has 6 heteroatoms. The molecule has 2 rings (SSSR count). The molecule has 1 aromatic carbocycles. The molecule has 4 N–H and O–H groups in total. The zero-order valence-electron chi connectivity index (χ0n) is 15.1. The van der Waals surface area contributed by atoms with Crippen molar-refractivity contribution >= 4 is 23.2 Å². The Labute approximate surface area is 149 Å². The monoisotopic (exact) mass is 347 g/mol. The number of benzene rings is 1. The van der Waals surface area contributed by atoms with Gasteiger partial charge in [0, 0.05) is 24.1 Å². The predicted octanol–water partition coefficient (Wildman–Crippen LogP) is 3.28. The maximum Gasteiger partial charge on any atom is 0.227 e. The summed E-state index contributed by atoms with van der Waals surface area (Å²) in [5.41, 5.74) is 6.90. The molecule has 1 aliphatic rings. The van der Waals surface area contributed by atoms with E-state index in [4.69, 9.17) is 10.5 Å². The molecule has 138 valence electrons. The Morgan fingerprint density at radius 2 is 1.96 bits per heavy atom. The van der Waals surface area contributed by atoms with Gasteiger partial charge in [-0.2, -0.15) is 0 Å². The molecule has 0 bridgehead atoms. The van der Waals surface area contributed by atoms with Gasteiger partial charge in [-0.25, -0.2) is 0 Å². The molecule has 0 aliphatic heterocycles. The van der Waals surface area contributed by atoms with Crippen LogP contribution in [0.4, 0.5) is 11.4 Å². The number of hydrogen-bond donors (Lipinski definition) is 3. The van der Waals surface area contributed by atoms with Gasteiger partial charge in [0.2, 0.25) is 11.8 Å². The number of nitrogens with two attached hydrogens (primary N) is 1. The van der Waals surface area contributed by atoms with Crippen LogP contribution in [0.1, 0.15) is 51.9 Å². The number of methoxy groups -OCH3 is 1. The highest BCUT2D eigenvalue weighted by molar-refractivity contribution is 5.96. The summed E-state index contributed by atoms with van der Waals surface area (Å²) in [7, 11) is 1.56. The number of carbonyl (C=O) groups is 2. The van der Waals surface area contributed by atoms with Crippen LogP contribution in [-0.2, 0) is 9.59 Å². The van der Waals surface area contributed by atoms with E-state index in [1.54, 1.807) is 25.3 Å². The minimum Gasteiger partial charge on any atom is -0.495 e. The normalized spacial score (nSPS) is 16.1. The van der Waals surface area contributed by atoms with Gasteiger partial charge in [-0.3, -0.25) is 9.59 Å². The number of anilines is 2. The zero-order chi connectivity index (χ0) is 18.2. The van der Waals surface area contributed by atoms with E-state index in [1.807, 2.05) is 6.92 Å². The molecule has 1 fully saturated rings. The first kappa shape index (κ1) is 19.2. The summed E-state index contributed by atoms with van der Waals surface area (Å²) >= 11 is 0. The van der Waals surface area contributed by atoms with Crippen molar-refractivity contribution < 1.29 is 14.3 Å². The third-order valence-electron chi connectivity index (χ3n) is 4.54. The standard InChI is InChI=1S/C19H29N3O3/c1-13(20)8-11-18(23)21-15-9-10-17(25-2)16(12-15)22-19(24)14-6-4-3-5-7-14/h9-10,12-14H,3-8,11,20H2,1-2H3,(H,21,23)(H,22,24). The molecule has 0 spiro atoms.